The van der Waals surface area contributed by atoms with Crippen molar-refractivity contribution >= 4 is 58.0 Å². The number of rotatable bonds is 4. The molecule has 0 amide bonds. The number of fused-ring (bicyclic) bond motifs is 3. The molecule has 0 saturated carbocycles. The van der Waals surface area contributed by atoms with Crippen molar-refractivity contribution in [2.75, 3.05) is 0 Å². The Morgan fingerprint density at radius 2 is 1.27 bits per heavy atom. The summed E-state index contributed by atoms with van der Waals surface area (Å²) >= 11 is 1.90. The number of thiophene rings is 1. The normalized spacial score (nSPS) is 11.6. The maximum absolute atomic E-state index is 4.68. The summed E-state index contributed by atoms with van der Waals surface area (Å²) in [6, 6.07) is 35.7. The predicted octanol–water partition coefficient (Wildman–Crippen LogP) is 8.55. The van der Waals surface area contributed by atoms with Gasteiger partial charge in [-0.3, -0.25) is 0 Å². The SMILES string of the molecule is C[Si](C)(C)c1ccc(-c2[c-]cccc2)nc1.C[Si](C)(C)c1cccc2c1sc1cc(-c3[c-]cccc3)ncc12.[Ir]. The molecule has 0 fully saturated rings. The molecule has 40 heavy (non-hydrogen) atoms. The average Bonchev–Trinajstić information content (AvgIpc) is 3.31. The van der Waals surface area contributed by atoms with Gasteiger partial charge >= 0.3 is 0 Å². The number of nitrogens with zero attached hydrogens (tertiary/aromatic N) is 2. The van der Waals surface area contributed by atoms with Crippen LogP contribution in [0.2, 0.25) is 39.3 Å². The summed E-state index contributed by atoms with van der Waals surface area (Å²) in [5.41, 5.74) is 4.11. The van der Waals surface area contributed by atoms with E-state index < -0.39 is 16.1 Å². The first-order valence-corrected chi connectivity index (χ1v) is 21.2. The van der Waals surface area contributed by atoms with Crippen LogP contribution in [-0.2, 0) is 20.1 Å². The molecule has 3 aromatic heterocycles. The maximum Gasteiger partial charge on any atom is 0.0795 e. The standard InChI is InChI=1S/C20H18NSSi.C14H16NSi.Ir/c1-23(2,3)19-11-7-10-15-16-13-21-17(12-18(16)22-20(15)19)14-8-5-4-6-9-14;1-16(2,3)13-9-10-14(15-11-13)12-7-5-4-6-8-12;/h4-8,10-13H,1-3H3;4-7,9-11H,1-3H3;/q2*-1;. The summed E-state index contributed by atoms with van der Waals surface area (Å²) in [7, 11) is -2.58. The summed E-state index contributed by atoms with van der Waals surface area (Å²) < 4.78 is 2.76. The van der Waals surface area contributed by atoms with Gasteiger partial charge in [0, 0.05) is 52.7 Å². The molecule has 3 aromatic carbocycles. The first-order chi connectivity index (χ1) is 18.6. The van der Waals surface area contributed by atoms with E-state index in [0.29, 0.717) is 0 Å². The van der Waals surface area contributed by atoms with E-state index in [9.17, 15) is 0 Å². The van der Waals surface area contributed by atoms with Gasteiger partial charge in [0.2, 0.25) is 0 Å². The van der Waals surface area contributed by atoms with E-state index >= 15 is 0 Å². The fraction of sp³-hybridized carbons (Fsp3) is 0.176. The van der Waals surface area contributed by atoms with Crippen LogP contribution in [0.3, 0.4) is 0 Å². The second-order valence-corrected chi connectivity index (χ2v) is 23.0. The van der Waals surface area contributed by atoms with Gasteiger partial charge < -0.3 is 9.97 Å². The number of aromatic nitrogens is 2. The molecule has 0 atom stereocenters. The van der Waals surface area contributed by atoms with Crippen molar-refractivity contribution in [2.45, 2.75) is 39.3 Å². The molecule has 0 saturated heterocycles. The Kier molecular flexibility index (Phi) is 9.38. The van der Waals surface area contributed by atoms with Crippen LogP contribution in [0.1, 0.15) is 0 Å². The molecular weight excluding hydrogens is 717 g/mol. The van der Waals surface area contributed by atoms with Crippen LogP contribution in [0.25, 0.3) is 42.7 Å². The van der Waals surface area contributed by atoms with Gasteiger partial charge in [-0.2, -0.15) is 0 Å². The Hall–Kier alpha value is -2.74. The minimum Gasteiger partial charge on any atom is -0.305 e. The van der Waals surface area contributed by atoms with Crippen LogP contribution in [0.4, 0.5) is 0 Å². The molecule has 0 bridgehead atoms. The second kappa shape index (κ2) is 12.4. The van der Waals surface area contributed by atoms with Crippen molar-refractivity contribution in [3.8, 4) is 22.5 Å². The average molecular weight is 751 g/mol. The third-order valence-corrected chi connectivity index (χ3v) is 12.2. The minimum absolute atomic E-state index is 0. The molecule has 205 valence electrons. The summed E-state index contributed by atoms with van der Waals surface area (Å²) in [6.45, 7) is 14.2. The van der Waals surface area contributed by atoms with Gasteiger partial charge in [-0.05, 0) is 21.8 Å². The molecule has 2 nitrogen and oxygen atoms in total. The predicted molar refractivity (Wildman–Crippen MR) is 176 cm³/mol. The third-order valence-electron chi connectivity index (χ3n) is 6.79. The van der Waals surface area contributed by atoms with E-state index in [-0.39, 0.29) is 20.1 Å². The van der Waals surface area contributed by atoms with Crippen LogP contribution in [-0.4, -0.2) is 26.1 Å². The number of hydrogen-bond donors (Lipinski definition) is 0. The molecule has 0 unspecified atom stereocenters. The molecule has 0 N–H and O–H groups in total. The second-order valence-electron chi connectivity index (χ2n) is 11.8. The molecule has 0 aliphatic rings. The molecule has 6 heteroatoms. The maximum atomic E-state index is 4.68. The van der Waals surface area contributed by atoms with Crippen molar-refractivity contribution in [1.29, 1.82) is 0 Å². The third kappa shape index (κ3) is 6.76. The van der Waals surface area contributed by atoms with Gasteiger partial charge in [-0.1, -0.05) is 75.7 Å². The van der Waals surface area contributed by atoms with Gasteiger partial charge in [0.05, 0.1) is 16.1 Å². The van der Waals surface area contributed by atoms with E-state index in [1.54, 1.807) is 5.19 Å². The Labute approximate surface area is 257 Å². The van der Waals surface area contributed by atoms with Gasteiger partial charge in [0.15, 0.2) is 0 Å². The summed E-state index contributed by atoms with van der Waals surface area (Å²) in [5.74, 6) is 0. The summed E-state index contributed by atoms with van der Waals surface area (Å²) in [6.07, 6.45) is 4.04. The molecule has 0 spiro atoms. The van der Waals surface area contributed by atoms with Gasteiger partial charge in [0.25, 0.3) is 0 Å². The summed E-state index contributed by atoms with van der Waals surface area (Å²) in [4.78, 5) is 9.20. The van der Waals surface area contributed by atoms with Crippen molar-refractivity contribution in [3.63, 3.8) is 0 Å². The van der Waals surface area contributed by atoms with Crippen LogP contribution in [0, 0.1) is 12.1 Å². The zero-order chi connectivity index (χ0) is 27.6. The van der Waals surface area contributed by atoms with Crippen molar-refractivity contribution in [1.82, 2.24) is 9.97 Å². The molecular formula is C34H34IrN2SSi2-2. The smallest absolute Gasteiger partial charge is 0.0795 e. The van der Waals surface area contributed by atoms with E-state index in [0.717, 1.165) is 22.5 Å². The number of benzene rings is 3. The van der Waals surface area contributed by atoms with E-state index in [1.165, 1.54) is 25.4 Å². The van der Waals surface area contributed by atoms with E-state index in [2.05, 4.69) is 104 Å². The van der Waals surface area contributed by atoms with Crippen LogP contribution < -0.4 is 10.4 Å². The van der Waals surface area contributed by atoms with Crippen LogP contribution >= 0.6 is 11.3 Å². The quantitative estimate of drug-likeness (QED) is 0.133. The Morgan fingerprint density at radius 3 is 1.82 bits per heavy atom. The first-order valence-electron chi connectivity index (χ1n) is 13.3. The molecule has 6 aromatic rings. The molecule has 0 aliphatic heterocycles. The van der Waals surface area contributed by atoms with Gasteiger partial charge in [-0.15, -0.1) is 83.1 Å². The van der Waals surface area contributed by atoms with E-state index in [4.69, 9.17) is 0 Å². The molecule has 1 radical (unpaired) electrons. The van der Waals surface area contributed by atoms with Crippen molar-refractivity contribution < 1.29 is 20.1 Å². The van der Waals surface area contributed by atoms with Gasteiger partial charge in [0.1, 0.15) is 0 Å². The van der Waals surface area contributed by atoms with Gasteiger partial charge in [-0.25, -0.2) is 0 Å². The van der Waals surface area contributed by atoms with Crippen molar-refractivity contribution in [2.24, 2.45) is 0 Å². The number of pyridine rings is 2. The zero-order valence-corrected chi connectivity index (χ0v) is 29.1. The molecule has 6 rings (SSSR count). The van der Waals surface area contributed by atoms with Crippen LogP contribution in [0.5, 0.6) is 0 Å². The molecule has 0 aliphatic carbocycles. The van der Waals surface area contributed by atoms with Crippen molar-refractivity contribution in [3.05, 3.63) is 109 Å². The molecule has 3 heterocycles. The minimum atomic E-state index is -1.35. The first kappa shape index (κ1) is 30.2. The fourth-order valence-corrected chi connectivity index (χ4v) is 9.18. The Balaban J connectivity index is 0.000000192. The fourth-order valence-electron chi connectivity index (χ4n) is 4.53. The summed E-state index contributed by atoms with van der Waals surface area (Å²) in [5, 5.41) is 5.56. The van der Waals surface area contributed by atoms with E-state index in [1.807, 2.05) is 66.2 Å². The topological polar surface area (TPSA) is 25.8 Å². The monoisotopic (exact) mass is 751 g/mol. The van der Waals surface area contributed by atoms with Crippen LogP contribution in [0.15, 0.2) is 97.3 Å². The Morgan fingerprint density at radius 1 is 0.625 bits per heavy atom. The number of hydrogen-bond acceptors (Lipinski definition) is 3. The largest absolute Gasteiger partial charge is 0.305 e. The zero-order valence-electron chi connectivity index (χ0n) is 23.9. The Bertz CT molecular complexity index is 1700.